The first-order valence-electron chi connectivity index (χ1n) is 4.45. The van der Waals surface area contributed by atoms with E-state index >= 15 is 0 Å². The fourth-order valence-electron chi connectivity index (χ4n) is 1.10. The molecule has 0 unspecified atom stereocenters. The Morgan fingerprint density at radius 2 is 2.07 bits per heavy atom. The van der Waals surface area contributed by atoms with Crippen molar-refractivity contribution >= 4 is 39.1 Å². The zero-order valence-corrected chi connectivity index (χ0v) is 10.8. The lowest BCUT2D eigenvalue weighted by molar-refractivity contribution is 0.680. The van der Waals surface area contributed by atoms with Gasteiger partial charge in [0.1, 0.15) is 0 Å². The molecule has 0 amide bonds. The minimum atomic E-state index is 0.617. The van der Waals surface area contributed by atoms with Crippen molar-refractivity contribution in [3.05, 3.63) is 33.8 Å². The van der Waals surface area contributed by atoms with Gasteiger partial charge in [-0.2, -0.15) is 0 Å². The molecule has 1 nitrogen and oxygen atoms in total. The van der Waals surface area contributed by atoms with Crippen LogP contribution in [-0.4, -0.2) is 11.9 Å². The Hall–Kier alpha value is 0.240. The van der Waals surface area contributed by atoms with Crippen LogP contribution in [0.1, 0.15) is 12.0 Å². The summed E-state index contributed by atoms with van der Waals surface area (Å²) in [4.78, 5) is 0. The zero-order chi connectivity index (χ0) is 10.4. The van der Waals surface area contributed by atoms with E-state index in [4.69, 9.17) is 23.2 Å². The molecule has 0 fully saturated rings. The van der Waals surface area contributed by atoms with Crippen LogP contribution in [0.15, 0.2) is 18.2 Å². The average molecular weight is 297 g/mol. The third-order valence-electron chi connectivity index (χ3n) is 1.83. The Balaban J connectivity index is 2.46. The van der Waals surface area contributed by atoms with Crippen molar-refractivity contribution in [2.45, 2.75) is 13.0 Å². The minimum absolute atomic E-state index is 0.617. The van der Waals surface area contributed by atoms with Gasteiger partial charge in [0.2, 0.25) is 0 Å². The van der Waals surface area contributed by atoms with Crippen LogP contribution in [0.4, 0.5) is 0 Å². The lowest BCUT2D eigenvalue weighted by Crippen LogP contribution is -2.15. The molecule has 0 saturated heterocycles. The summed E-state index contributed by atoms with van der Waals surface area (Å²) < 4.78 is 0. The van der Waals surface area contributed by atoms with Crippen molar-refractivity contribution in [1.82, 2.24) is 5.32 Å². The Kier molecular flexibility index (Phi) is 5.87. The molecule has 0 aliphatic rings. The van der Waals surface area contributed by atoms with Crippen LogP contribution < -0.4 is 5.32 Å². The van der Waals surface area contributed by atoms with Gasteiger partial charge >= 0.3 is 0 Å². The molecule has 0 saturated carbocycles. The summed E-state index contributed by atoms with van der Waals surface area (Å²) in [6.45, 7) is 1.75. The van der Waals surface area contributed by atoms with E-state index in [9.17, 15) is 0 Å². The van der Waals surface area contributed by atoms with E-state index in [1.807, 2.05) is 12.1 Å². The van der Waals surface area contributed by atoms with Crippen molar-refractivity contribution in [1.29, 1.82) is 0 Å². The highest BCUT2D eigenvalue weighted by molar-refractivity contribution is 9.09. The molecule has 0 spiro atoms. The molecule has 1 rings (SSSR count). The van der Waals surface area contributed by atoms with Crippen molar-refractivity contribution in [2.24, 2.45) is 0 Å². The molecule has 0 radical (unpaired) electrons. The Labute approximate surface area is 103 Å². The molecule has 0 aliphatic carbocycles. The van der Waals surface area contributed by atoms with Crippen LogP contribution in [-0.2, 0) is 6.54 Å². The summed E-state index contributed by atoms with van der Waals surface area (Å²) in [7, 11) is 0. The van der Waals surface area contributed by atoms with E-state index in [0.29, 0.717) is 10.0 Å². The predicted molar refractivity (Wildman–Crippen MR) is 66.6 cm³/mol. The van der Waals surface area contributed by atoms with Crippen LogP contribution in [0.25, 0.3) is 0 Å². The van der Waals surface area contributed by atoms with Crippen molar-refractivity contribution in [2.75, 3.05) is 11.9 Å². The molecule has 1 aromatic rings. The molecule has 0 aromatic heterocycles. The Bertz CT molecular complexity index is 291. The van der Waals surface area contributed by atoms with E-state index in [2.05, 4.69) is 21.2 Å². The number of nitrogens with one attached hydrogen (secondary N) is 1. The van der Waals surface area contributed by atoms with Gasteiger partial charge in [-0.25, -0.2) is 0 Å². The van der Waals surface area contributed by atoms with E-state index in [-0.39, 0.29) is 0 Å². The Morgan fingerprint density at radius 1 is 1.29 bits per heavy atom. The molecule has 78 valence electrons. The standard InChI is InChI=1S/C10H12BrCl2N/c11-5-2-6-14-7-8-3-1-4-9(12)10(8)13/h1,3-4,14H,2,5-7H2. The third kappa shape index (κ3) is 3.77. The van der Waals surface area contributed by atoms with Crippen molar-refractivity contribution in [3.8, 4) is 0 Å². The van der Waals surface area contributed by atoms with Gasteiger partial charge in [0.15, 0.2) is 0 Å². The minimum Gasteiger partial charge on any atom is -0.313 e. The quantitative estimate of drug-likeness (QED) is 0.642. The molecule has 0 bridgehead atoms. The third-order valence-corrected chi connectivity index (χ3v) is 3.25. The summed E-state index contributed by atoms with van der Waals surface area (Å²) in [6, 6.07) is 5.69. The Morgan fingerprint density at radius 3 is 2.79 bits per heavy atom. The topological polar surface area (TPSA) is 12.0 Å². The molecule has 0 heterocycles. The van der Waals surface area contributed by atoms with E-state index < -0.39 is 0 Å². The van der Waals surface area contributed by atoms with Crippen molar-refractivity contribution < 1.29 is 0 Å². The monoisotopic (exact) mass is 295 g/mol. The van der Waals surface area contributed by atoms with Gasteiger partial charge in [-0.1, -0.05) is 51.3 Å². The fraction of sp³-hybridized carbons (Fsp3) is 0.400. The highest BCUT2D eigenvalue weighted by atomic mass is 79.9. The number of benzene rings is 1. The maximum atomic E-state index is 6.02. The van der Waals surface area contributed by atoms with Gasteiger partial charge in [0.05, 0.1) is 10.0 Å². The number of hydrogen-bond donors (Lipinski definition) is 1. The number of alkyl halides is 1. The van der Waals surface area contributed by atoms with E-state index in [1.54, 1.807) is 6.07 Å². The van der Waals surface area contributed by atoms with Gasteiger partial charge in [-0.15, -0.1) is 0 Å². The smallest absolute Gasteiger partial charge is 0.0637 e. The largest absolute Gasteiger partial charge is 0.313 e. The summed E-state index contributed by atoms with van der Waals surface area (Å²) >= 11 is 15.3. The highest BCUT2D eigenvalue weighted by Crippen LogP contribution is 2.25. The first-order chi connectivity index (χ1) is 6.75. The number of rotatable bonds is 5. The van der Waals surface area contributed by atoms with Gasteiger partial charge in [0, 0.05) is 11.9 Å². The molecule has 0 atom stereocenters. The second-order valence-electron chi connectivity index (χ2n) is 2.93. The zero-order valence-electron chi connectivity index (χ0n) is 7.69. The second-order valence-corrected chi connectivity index (χ2v) is 4.51. The average Bonchev–Trinajstić information content (AvgIpc) is 2.19. The lowest BCUT2D eigenvalue weighted by atomic mass is 10.2. The normalized spacial score (nSPS) is 10.5. The van der Waals surface area contributed by atoms with Crippen LogP contribution in [0.2, 0.25) is 10.0 Å². The van der Waals surface area contributed by atoms with Gasteiger partial charge in [-0.3, -0.25) is 0 Å². The van der Waals surface area contributed by atoms with Crippen LogP contribution in [0.3, 0.4) is 0 Å². The molecule has 0 aliphatic heterocycles. The SMILES string of the molecule is Clc1cccc(CNCCCBr)c1Cl. The van der Waals surface area contributed by atoms with Crippen LogP contribution in [0.5, 0.6) is 0 Å². The summed E-state index contributed by atoms with van der Waals surface area (Å²) in [5.41, 5.74) is 1.05. The first-order valence-corrected chi connectivity index (χ1v) is 6.33. The molecule has 4 heteroatoms. The van der Waals surface area contributed by atoms with Gasteiger partial charge in [0.25, 0.3) is 0 Å². The fourth-order valence-corrected chi connectivity index (χ4v) is 1.77. The second kappa shape index (κ2) is 6.67. The van der Waals surface area contributed by atoms with Crippen LogP contribution in [0, 0.1) is 0 Å². The molecule has 1 aromatic carbocycles. The number of halogens is 3. The maximum Gasteiger partial charge on any atom is 0.0637 e. The molecular formula is C10H12BrCl2N. The number of hydrogen-bond acceptors (Lipinski definition) is 1. The highest BCUT2D eigenvalue weighted by Gasteiger charge is 2.02. The predicted octanol–water partition coefficient (Wildman–Crippen LogP) is 3.87. The lowest BCUT2D eigenvalue weighted by Gasteiger charge is -2.06. The molecule has 14 heavy (non-hydrogen) atoms. The van der Waals surface area contributed by atoms with Crippen LogP contribution >= 0.6 is 39.1 Å². The van der Waals surface area contributed by atoms with Gasteiger partial charge in [-0.05, 0) is 24.6 Å². The summed E-state index contributed by atoms with van der Waals surface area (Å²) in [5.74, 6) is 0. The van der Waals surface area contributed by atoms with E-state index in [0.717, 1.165) is 30.4 Å². The summed E-state index contributed by atoms with van der Waals surface area (Å²) in [5, 5.41) is 5.59. The van der Waals surface area contributed by atoms with Gasteiger partial charge < -0.3 is 5.32 Å². The molecule has 1 N–H and O–H groups in total. The maximum absolute atomic E-state index is 6.02. The molecular weight excluding hydrogens is 285 g/mol. The first kappa shape index (κ1) is 12.3. The van der Waals surface area contributed by atoms with Crippen molar-refractivity contribution in [3.63, 3.8) is 0 Å². The summed E-state index contributed by atoms with van der Waals surface area (Å²) in [6.07, 6.45) is 1.11. The van der Waals surface area contributed by atoms with E-state index in [1.165, 1.54) is 0 Å².